The number of fused-ring (bicyclic) bond motifs is 2. The van der Waals surface area contributed by atoms with Crippen LogP contribution in [-0.2, 0) is 12.3 Å². The van der Waals surface area contributed by atoms with Crippen LogP contribution in [0.4, 0.5) is 0 Å². The Morgan fingerprint density at radius 1 is 1.07 bits per heavy atom. The number of para-hydroxylation sites is 1. The van der Waals surface area contributed by atoms with Crippen molar-refractivity contribution in [3.8, 4) is 0 Å². The Morgan fingerprint density at radius 3 is 2.67 bits per heavy atom. The maximum absolute atomic E-state index is 13.1. The van der Waals surface area contributed by atoms with Crippen molar-refractivity contribution in [3.05, 3.63) is 80.6 Å². The Morgan fingerprint density at radius 2 is 1.87 bits per heavy atom. The molecule has 0 aliphatic carbocycles. The SMILES string of the molecule is Cc1ccc2nc(CSc3nc4ccccc4c(=O)n3CCC(C)C)cc(=O)n2c1. The highest BCUT2D eigenvalue weighted by Crippen LogP contribution is 2.22. The van der Waals surface area contributed by atoms with Gasteiger partial charge in [0.15, 0.2) is 5.16 Å². The van der Waals surface area contributed by atoms with Gasteiger partial charge in [0, 0.05) is 24.6 Å². The van der Waals surface area contributed by atoms with Crippen LogP contribution in [0, 0.1) is 12.8 Å². The zero-order valence-electron chi connectivity index (χ0n) is 17.3. The van der Waals surface area contributed by atoms with Gasteiger partial charge in [0.2, 0.25) is 0 Å². The highest BCUT2D eigenvalue weighted by molar-refractivity contribution is 7.98. The summed E-state index contributed by atoms with van der Waals surface area (Å²) in [5, 5.41) is 1.29. The first-order valence-corrected chi connectivity index (χ1v) is 11.0. The molecule has 154 valence electrons. The average molecular weight is 421 g/mol. The predicted octanol–water partition coefficient (Wildman–Crippen LogP) is 4.05. The van der Waals surface area contributed by atoms with E-state index in [1.54, 1.807) is 21.2 Å². The lowest BCUT2D eigenvalue weighted by Gasteiger charge is -2.14. The molecule has 0 atom stereocenters. The molecule has 3 heterocycles. The minimum atomic E-state index is -0.108. The van der Waals surface area contributed by atoms with E-state index in [-0.39, 0.29) is 11.1 Å². The molecule has 0 saturated carbocycles. The van der Waals surface area contributed by atoms with E-state index < -0.39 is 0 Å². The van der Waals surface area contributed by atoms with E-state index in [9.17, 15) is 9.59 Å². The summed E-state index contributed by atoms with van der Waals surface area (Å²) in [6, 6.07) is 12.8. The fourth-order valence-corrected chi connectivity index (χ4v) is 4.23. The van der Waals surface area contributed by atoms with E-state index in [4.69, 9.17) is 4.98 Å². The molecule has 1 aromatic carbocycles. The second-order valence-electron chi connectivity index (χ2n) is 7.86. The van der Waals surface area contributed by atoms with E-state index in [0.29, 0.717) is 45.6 Å². The molecule has 30 heavy (non-hydrogen) atoms. The summed E-state index contributed by atoms with van der Waals surface area (Å²) in [6.07, 6.45) is 2.68. The molecular weight excluding hydrogens is 396 g/mol. The maximum Gasteiger partial charge on any atom is 0.262 e. The van der Waals surface area contributed by atoms with Crippen LogP contribution in [0.5, 0.6) is 0 Å². The molecule has 7 heteroatoms. The lowest BCUT2D eigenvalue weighted by atomic mass is 10.1. The largest absolute Gasteiger partial charge is 0.287 e. The Kier molecular flexibility index (Phi) is 5.72. The number of nitrogens with zero attached hydrogens (tertiary/aromatic N) is 4. The van der Waals surface area contributed by atoms with Crippen LogP contribution in [0.3, 0.4) is 0 Å². The number of aryl methyl sites for hydroxylation is 1. The summed E-state index contributed by atoms with van der Waals surface area (Å²) >= 11 is 1.44. The number of hydrogen-bond acceptors (Lipinski definition) is 5. The van der Waals surface area contributed by atoms with Crippen LogP contribution in [0.2, 0.25) is 0 Å². The van der Waals surface area contributed by atoms with Gasteiger partial charge in [0.1, 0.15) is 5.65 Å². The van der Waals surface area contributed by atoms with Crippen molar-refractivity contribution in [2.45, 2.75) is 44.6 Å². The Labute approximate surface area is 178 Å². The van der Waals surface area contributed by atoms with E-state index >= 15 is 0 Å². The quantitative estimate of drug-likeness (QED) is 0.348. The third-order valence-electron chi connectivity index (χ3n) is 4.97. The van der Waals surface area contributed by atoms with Gasteiger partial charge in [0.05, 0.1) is 16.6 Å². The predicted molar refractivity (Wildman–Crippen MR) is 121 cm³/mol. The Balaban J connectivity index is 1.70. The molecule has 0 fully saturated rings. The zero-order chi connectivity index (χ0) is 21.3. The van der Waals surface area contributed by atoms with Crippen molar-refractivity contribution in [1.29, 1.82) is 0 Å². The van der Waals surface area contributed by atoms with Crippen molar-refractivity contribution in [2.75, 3.05) is 0 Å². The molecule has 0 bridgehead atoms. The van der Waals surface area contributed by atoms with Crippen molar-refractivity contribution < 1.29 is 0 Å². The van der Waals surface area contributed by atoms with Crippen molar-refractivity contribution in [2.24, 2.45) is 5.92 Å². The van der Waals surface area contributed by atoms with E-state index in [1.807, 2.05) is 43.3 Å². The average Bonchev–Trinajstić information content (AvgIpc) is 2.72. The standard InChI is InChI=1S/C23H24N4O2S/c1-15(2)10-11-26-22(29)18-6-4-5-7-19(18)25-23(26)30-14-17-12-21(28)27-13-16(3)8-9-20(27)24-17/h4-9,12-13,15H,10-11,14H2,1-3H3. The van der Waals surface area contributed by atoms with Gasteiger partial charge in [0.25, 0.3) is 11.1 Å². The fraction of sp³-hybridized carbons (Fsp3) is 0.304. The first kappa shape index (κ1) is 20.3. The highest BCUT2D eigenvalue weighted by Gasteiger charge is 2.13. The second kappa shape index (κ2) is 8.44. The van der Waals surface area contributed by atoms with Crippen LogP contribution in [0.1, 0.15) is 31.5 Å². The molecule has 4 aromatic rings. The third kappa shape index (κ3) is 4.16. The molecule has 0 radical (unpaired) electrons. The first-order chi connectivity index (χ1) is 14.4. The topological polar surface area (TPSA) is 69.3 Å². The lowest BCUT2D eigenvalue weighted by Crippen LogP contribution is -2.24. The van der Waals surface area contributed by atoms with Gasteiger partial charge in [-0.1, -0.05) is 43.8 Å². The van der Waals surface area contributed by atoms with Gasteiger partial charge >= 0.3 is 0 Å². The van der Waals surface area contributed by atoms with E-state index in [0.717, 1.165) is 12.0 Å². The third-order valence-corrected chi connectivity index (χ3v) is 5.98. The van der Waals surface area contributed by atoms with Crippen LogP contribution < -0.4 is 11.1 Å². The lowest BCUT2D eigenvalue weighted by molar-refractivity contribution is 0.481. The summed E-state index contributed by atoms with van der Waals surface area (Å²) in [7, 11) is 0. The van der Waals surface area contributed by atoms with Crippen molar-refractivity contribution in [3.63, 3.8) is 0 Å². The van der Waals surface area contributed by atoms with Gasteiger partial charge in [-0.2, -0.15) is 0 Å². The number of pyridine rings is 1. The molecule has 0 unspecified atom stereocenters. The molecule has 0 aliphatic heterocycles. The molecule has 0 amide bonds. The monoisotopic (exact) mass is 420 g/mol. The van der Waals surface area contributed by atoms with Crippen molar-refractivity contribution >= 4 is 28.3 Å². The van der Waals surface area contributed by atoms with Crippen LogP contribution in [-0.4, -0.2) is 18.9 Å². The summed E-state index contributed by atoms with van der Waals surface area (Å²) in [5.41, 5.74) is 2.85. The molecular formula is C23H24N4O2S. The fourth-order valence-electron chi connectivity index (χ4n) is 3.31. The molecule has 0 N–H and O–H groups in total. The maximum atomic E-state index is 13.1. The van der Waals surface area contributed by atoms with Crippen LogP contribution in [0.15, 0.2) is 63.4 Å². The number of aromatic nitrogens is 4. The minimum absolute atomic E-state index is 0.0224. The first-order valence-electron chi connectivity index (χ1n) is 10.0. The summed E-state index contributed by atoms with van der Waals surface area (Å²) in [4.78, 5) is 34.9. The molecule has 3 aromatic heterocycles. The molecule has 0 aliphatic rings. The number of rotatable bonds is 6. The normalized spacial score (nSPS) is 11.6. The zero-order valence-corrected chi connectivity index (χ0v) is 18.1. The minimum Gasteiger partial charge on any atom is -0.287 e. The Hall–Kier alpha value is -2.93. The molecule has 0 saturated heterocycles. The van der Waals surface area contributed by atoms with E-state index in [1.165, 1.54) is 11.8 Å². The van der Waals surface area contributed by atoms with Crippen molar-refractivity contribution in [1.82, 2.24) is 18.9 Å². The molecule has 6 nitrogen and oxygen atoms in total. The van der Waals surface area contributed by atoms with Gasteiger partial charge in [-0.3, -0.25) is 18.6 Å². The highest BCUT2D eigenvalue weighted by atomic mass is 32.2. The summed E-state index contributed by atoms with van der Waals surface area (Å²) < 4.78 is 3.31. The second-order valence-corrected chi connectivity index (χ2v) is 8.80. The summed E-state index contributed by atoms with van der Waals surface area (Å²) in [5.74, 6) is 0.943. The van der Waals surface area contributed by atoms with Crippen LogP contribution in [0.25, 0.3) is 16.6 Å². The number of thioether (sulfide) groups is 1. The van der Waals surface area contributed by atoms with Gasteiger partial charge in [-0.25, -0.2) is 9.97 Å². The smallest absolute Gasteiger partial charge is 0.262 e. The summed E-state index contributed by atoms with van der Waals surface area (Å²) in [6.45, 7) is 6.84. The van der Waals surface area contributed by atoms with Gasteiger partial charge in [-0.15, -0.1) is 0 Å². The van der Waals surface area contributed by atoms with E-state index in [2.05, 4.69) is 18.8 Å². The van der Waals surface area contributed by atoms with Gasteiger partial charge in [-0.05, 0) is 43.0 Å². The molecule has 0 spiro atoms. The van der Waals surface area contributed by atoms with Gasteiger partial charge < -0.3 is 0 Å². The number of benzene rings is 1. The number of hydrogen-bond donors (Lipinski definition) is 0. The molecule has 4 rings (SSSR count). The Bertz CT molecular complexity index is 1340. The van der Waals surface area contributed by atoms with Crippen LogP contribution >= 0.6 is 11.8 Å².